The van der Waals surface area contributed by atoms with Gasteiger partial charge in [0.1, 0.15) is 13.1 Å². The topological polar surface area (TPSA) is 37.3 Å². The summed E-state index contributed by atoms with van der Waals surface area (Å²) in [5.74, 6) is -0.299. The summed E-state index contributed by atoms with van der Waals surface area (Å²) < 4.78 is 0. The monoisotopic (exact) mass is 202 g/mol. The van der Waals surface area contributed by atoms with E-state index in [1.807, 2.05) is 13.8 Å². The summed E-state index contributed by atoms with van der Waals surface area (Å²) in [6.07, 6.45) is 1.76. The minimum atomic E-state index is -0.812. The largest absolute Gasteiger partial charge is 0.480 e. The van der Waals surface area contributed by atoms with E-state index < -0.39 is 11.2 Å². The summed E-state index contributed by atoms with van der Waals surface area (Å²) in [4.78, 5) is 10.8. The third-order valence-electron chi connectivity index (χ3n) is 2.58. The molecule has 76 valence electrons. The lowest BCUT2D eigenvalue weighted by Crippen LogP contribution is -2.34. The van der Waals surface area contributed by atoms with E-state index in [1.165, 1.54) is 0 Å². The highest BCUT2D eigenvalue weighted by atomic mass is 32.1. The normalized spacial score (nSPS) is 20.3. The molecule has 0 aliphatic carbocycles. The summed E-state index contributed by atoms with van der Waals surface area (Å²) >= 11 is 4.16. The fourth-order valence-electron chi connectivity index (χ4n) is 1.68. The molecule has 0 rings (SSSR count). The zero-order valence-corrected chi connectivity index (χ0v) is 9.77. The number of aliphatic carboxylic acids is 1. The quantitative estimate of drug-likeness (QED) is 0.525. The first-order valence-corrected chi connectivity index (χ1v) is 5.26. The van der Waals surface area contributed by atoms with Crippen molar-refractivity contribution in [2.45, 2.75) is 44.7 Å². The molecular weight excluding hydrogens is 183 g/mol. The Labute approximate surface area is 86.9 Å². The van der Waals surface area contributed by atoms with Gasteiger partial charge in [-0.05, 0) is 11.8 Å². The molecule has 1 N–H and O–H groups in total. The van der Waals surface area contributed by atoms with Gasteiger partial charge in [-0.2, -0.15) is 12.6 Å². The Morgan fingerprint density at radius 2 is 2.15 bits per heavy atom. The van der Waals surface area contributed by atoms with Crippen molar-refractivity contribution in [3.63, 3.8) is 0 Å². The van der Waals surface area contributed by atoms with Crippen LogP contribution >= 0.6 is 12.6 Å². The van der Waals surface area contributed by atoms with Crippen LogP contribution in [-0.2, 0) is 4.79 Å². The van der Waals surface area contributed by atoms with Crippen LogP contribution in [0.3, 0.4) is 0 Å². The Morgan fingerprint density at radius 1 is 1.69 bits per heavy atom. The number of carboxylic acids is 1. The molecule has 0 fully saturated rings. The van der Waals surface area contributed by atoms with Gasteiger partial charge in [0.2, 0.25) is 0 Å². The Kier molecular flexibility index (Phi) is 4.90. The molecule has 3 unspecified atom stereocenters. The highest BCUT2D eigenvalue weighted by Crippen LogP contribution is 2.37. The molecule has 0 aromatic carbocycles. The van der Waals surface area contributed by atoms with E-state index in [9.17, 15) is 4.79 Å². The van der Waals surface area contributed by atoms with Crippen LogP contribution in [0.5, 0.6) is 0 Å². The van der Waals surface area contributed by atoms with Crippen molar-refractivity contribution in [1.29, 1.82) is 0 Å². The summed E-state index contributed by atoms with van der Waals surface area (Å²) in [6, 6.07) is 0. The number of carbonyl (C=O) groups is 1. The van der Waals surface area contributed by atoms with Crippen LogP contribution in [-0.4, -0.2) is 24.2 Å². The molecule has 0 saturated heterocycles. The van der Waals surface area contributed by atoms with E-state index in [-0.39, 0.29) is 5.41 Å². The van der Waals surface area contributed by atoms with Gasteiger partial charge in [0, 0.05) is 0 Å². The number of hydrogen-bond acceptors (Lipinski definition) is 2. The van der Waals surface area contributed by atoms with Crippen LogP contribution in [0.15, 0.2) is 0 Å². The van der Waals surface area contributed by atoms with Crippen LogP contribution in [0, 0.1) is 5.41 Å². The van der Waals surface area contributed by atoms with Gasteiger partial charge < -0.3 is 5.11 Å². The standard InChI is InChI=1S/C9H19BO2S/c1-4-9(3,5-6(2)10)7(13)8(11)12/h6-7,13H,4-5,10H2,1-3H3,(H,11,12). The van der Waals surface area contributed by atoms with Crippen molar-refractivity contribution in [2.24, 2.45) is 5.41 Å². The lowest BCUT2D eigenvalue weighted by atomic mass is 9.70. The molecule has 0 bridgehead atoms. The van der Waals surface area contributed by atoms with Crippen molar-refractivity contribution in [3.05, 3.63) is 0 Å². The summed E-state index contributed by atoms with van der Waals surface area (Å²) in [6.45, 7) is 6.13. The summed E-state index contributed by atoms with van der Waals surface area (Å²) in [7, 11) is 2.11. The predicted octanol–water partition coefficient (Wildman–Crippen LogP) is 1.62. The summed E-state index contributed by atoms with van der Waals surface area (Å²) in [5, 5.41) is 8.33. The Hall–Kier alpha value is -0.115. The van der Waals surface area contributed by atoms with E-state index in [2.05, 4.69) is 27.4 Å². The molecule has 0 spiro atoms. The molecule has 0 aromatic rings. The van der Waals surface area contributed by atoms with Crippen LogP contribution in [0.25, 0.3) is 0 Å². The van der Waals surface area contributed by atoms with E-state index in [4.69, 9.17) is 5.11 Å². The summed E-state index contributed by atoms with van der Waals surface area (Å²) in [5.41, 5.74) is -0.191. The molecular formula is C9H19BO2S. The van der Waals surface area contributed by atoms with Crippen molar-refractivity contribution in [3.8, 4) is 0 Å². The van der Waals surface area contributed by atoms with Crippen LogP contribution < -0.4 is 0 Å². The van der Waals surface area contributed by atoms with Gasteiger partial charge in [-0.15, -0.1) is 0 Å². The molecule has 13 heavy (non-hydrogen) atoms. The first kappa shape index (κ1) is 12.9. The lowest BCUT2D eigenvalue weighted by molar-refractivity contribution is -0.138. The maximum Gasteiger partial charge on any atom is 0.316 e. The van der Waals surface area contributed by atoms with E-state index >= 15 is 0 Å². The molecule has 4 heteroatoms. The van der Waals surface area contributed by atoms with Gasteiger partial charge in [0.05, 0.1) is 0 Å². The Morgan fingerprint density at radius 3 is 2.38 bits per heavy atom. The molecule has 0 heterocycles. The minimum Gasteiger partial charge on any atom is -0.480 e. The SMILES string of the molecule is BC(C)CC(C)(CC)C(S)C(=O)O. The van der Waals surface area contributed by atoms with Crippen LogP contribution in [0.2, 0.25) is 5.82 Å². The number of rotatable bonds is 5. The van der Waals surface area contributed by atoms with Crippen molar-refractivity contribution in [1.82, 2.24) is 0 Å². The zero-order valence-electron chi connectivity index (χ0n) is 8.87. The second-order valence-corrected chi connectivity index (χ2v) is 4.86. The predicted molar refractivity (Wildman–Crippen MR) is 61.4 cm³/mol. The van der Waals surface area contributed by atoms with E-state index in [0.29, 0.717) is 5.82 Å². The minimum absolute atomic E-state index is 0.191. The second-order valence-electron chi connectivity index (χ2n) is 4.35. The second kappa shape index (κ2) is 4.94. The molecule has 0 aliphatic rings. The van der Waals surface area contributed by atoms with Gasteiger partial charge in [0.15, 0.2) is 0 Å². The third-order valence-corrected chi connectivity index (χ3v) is 3.42. The maximum absolute atomic E-state index is 10.8. The Balaban J connectivity index is 4.51. The van der Waals surface area contributed by atoms with E-state index in [0.717, 1.165) is 12.8 Å². The number of hydrogen-bond donors (Lipinski definition) is 2. The van der Waals surface area contributed by atoms with Crippen molar-refractivity contribution in [2.75, 3.05) is 0 Å². The average molecular weight is 202 g/mol. The highest BCUT2D eigenvalue weighted by molar-refractivity contribution is 7.81. The smallest absolute Gasteiger partial charge is 0.316 e. The highest BCUT2D eigenvalue weighted by Gasteiger charge is 2.35. The molecule has 0 aliphatic heterocycles. The van der Waals surface area contributed by atoms with Gasteiger partial charge in [-0.1, -0.05) is 33.0 Å². The number of carboxylic acid groups (broad SMARTS) is 1. The molecule has 0 aromatic heterocycles. The van der Waals surface area contributed by atoms with Gasteiger partial charge in [-0.25, -0.2) is 0 Å². The van der Waals surface area contributed by atoms with Crippen molar-refractivity contribution < 1.29 is 9.90 Å². The van der Waals surface area contributed by atoms with Crippen LogP contribution in [0.4, 0.5) is 0 Å². The van der Waals surface area contributed by atoms with Gasteiger partial charge in [0.25, 0.3) is 0 Å². The first-order valence-electron chi connectivity index (χ1n) is 4.74. The van der Waals surface area contributed by atoms with Crippen LogP contribution in [0.1, 0.15) is 33.6 Å². The molecule has 0 radical (unpaired) electrons. The lowest BCUT2D eigenvalue weighted by Gasteiger charge is -2.33. The average Bonchev–Trinajstić information content (AvgIpc) is 2.01. The maximum atomic E-state index is 10.8. The van der Waals surface area contributed by atoms with E-state index in [1.54, 1.807) is 0 Å². The molecule has 2 nitrogen and oxygen atoms in total. The Bertz CT molecular complexity index is 184. The molecule has 0 saturated carbocycles. The zero-order chi connectivity index (χ0) is 10.6. The van der Waals surface area contributed by atoms with Crippen molar-refractivity contribution >= 4 is 26.4 Å². The van der Waals surface area contributed by atoms with Gasteiger partial charge >= 0.3 is 5.97 Å². The third kappa shape index (κ3) is 3.63. The fourth-order valence-corrected chi connectivity index (χ4v) is 1.97. The van der Waals surface area contributed by atoms with Gasteiger partial charge in [-0.3, -0.25) is 4.79 Å². The number of thiol groups is 1. The fraction of sp³-hybridized carbons (Fsp3) is 0.889. The molecule has 0 amide bonds. The molecule has 3 atom stereocenters. The first-order chi connectivity index (χ1) is 5.83.